The predicted molar refractivity (Wildman–Crippen MR) is 78.9 cm³/mol. The first-order chi connectivity index (χ1) is 8.49. The number of carbonyl (C=O) groups excluding carboxylic acids is 1. The van der Waals surface area contributed by atoms with Gasteiger partial charge in [0.15, 0.2) is 0 Å². The highest BCUT2D eigenvalue weighted by atomic mass is 16.2. The van der Waals surface area contributed by atoms with Gasteiger partial charge in [-0.3, -0.25) is 0 Å². The summed E-state index contributed by atoms with van der Waals surface area (Å²) in [6.45, 7) is 8.34. The van der Waals surface area contributed by atoms with Gasteiger partial charge in [-0.05, 0) is 12.3 Å². The molecule has 0 atom stereocenters. The summed E-state index contributed by atoms with van der Waals surface area (Å²) in [6, 6.07) is 0.150. The SMILES string of the molecule is CCCCCCCCN(CC(C)C)C(=O)N(C)C. The average molecular weight is 256 g/mol. The molecular formula is C15H32N2O. The van der Waals surface area contributed by atoms with Crippen molar-refractivity contribution < 1.29 is 4.79 Å². The van der Waals surface area contributed by atoms with Crippen LogP contribution in [-0.4, -0.2) is 43.0 Å². The minimum atomic E-state index is 0.150. The first-order valence-electron chi connectivity index (χ1n) is 7.45. The van der Waals surface area contributed by atoms with Crippen LogP contribution in [0, 0.1) is 5.92 Å². The number of rotatable bonds is 9. The predicted octanol–water partition coefficient (Wildman–Crippen LogP) is 3.99. The van der Waals surface area contributed by atoms with Crippen LogP contribution in [0.1, 0.15) is 59.3 Å². The van der Waals surface area contributed by atoms with Crippen molar-refractivity contribution in [3.8, 4) is 0 Å². The Morgan fingerprint density at radius 3 is 2.06 bits per heavy atom. The molecule has 0 spiro atoms. The maximum Gasteiger partial charge on any atom is 0.319 e. The molecule has 0 aliphatic carbocycles. The molecule has 0 saturated carbocycles. The first kappa shape index (κ1) is 17.3. The van der Waals surface area contributed by atoms with Gasteiger partial charge in [0.25, 0.3) is 0 Å². The second-order valence-electron chi connectivity index (χ2n) is 5.78. The van der Waals surface area contributed by atoms with Gasteiger partial charge in [0, 0.05) is 27.2 Å². The van der Waals surface area contributed by atoms with Gasteiger partial charge in [0.2, 0.25) is 0 Å². The zero-order valence-corrected chi connectivity index (χ0v) is 13.0. The van der Waals surface area contributed by atoms with Crippen LogP contribution in [0.4, 0.5) is 4.79 Å². The van der Waals surface area contributed by atoms with Crippen molar-refractivity contribution in [1.29, 1.82) is 0 Å². The summed E-state index contributed by atoms with van der Waals surface area (Å²) < 4.78 is 0. The number of amides is 2. The zero-order valence-electron chi connectivity index (χ0n) is 13.0. The topological polar surface area (TPSA) is 23.6 Å². The van der Waals surface area contributed by atoms with Crippen molar-refractivity contribution in [2.45, 2.75) is 59.3 Å². The lowest BCUT2D eigenvalue weighted by atomic mass is 10.1. The van der Waals surface area contributed by atoms with Crippen LogP contribution in [-0.2, 0) is 0 Å². The fraction of sp³-hybridized carbons (Fsp3) is 0.933. The fourth-order valence-electron chi connectivity index (χ4n) is 2.07. The Morgan fingerprint density at radius 2 is 1.56 bits per heavy atom. The molecule has 3 nitrogen and oxygen atoms in total. The van der Waals surface area contributed by atoms with Gasteiger partial charge in [-0.15, -0.1) is 0 Å². The lowest BCUT2D eigenvalue weighted by Crippen LogP contribution is -2.41. The molecule has 0 bridgehead atoms. The Bertz CT molecular complexity index is 215. The van der Waals surface area contributed by atoms with E-state index in [1.54, 1.807) is 4.90 Å². The molecule has 0 rings (SSSR count). The number of nitrogens with zero attached hydrogens (tertiary/aromatic N) is 2. The van der Waals surface area contributed by atoms with Crippen molar-refractivity contribution in [3.63, 3.8) is 0 Å². The van der Waals surface area contributed by atoms with Gasteiger partial charge in [0.05, 0.1) is 0 Å². The van der Waals surface area contributed by atoms with Crippen molar-refractivity contribution in [2.75, 3.05) is 27.2 Å². The third-order valence-corrected chi connectivity index (χ3v) is 3.02. The highest BCUT2D eigenvalue weighted by Crippen LogP contribution is 2.08. The lowest BCUT2D eigenvalue weighted by Gasteiger charge is -2.27. The molecule has 0 heterocycles. The molecule has 0 fully saturated rings. The summed E-state index contributed by atoms with van der Waals surface area (Å²) in [5.74, 6) is 0.536. The summed E-state index contributed by atoms with van der Waals surface area (Å²) >= 11 is 0. The summed E-state index contributed by atoms with van der Waals surface area (Å²) in [5.41, 5.74) is 0. The Hall–Kier alpha value is -0.730. The standard InChI is InChI=1S/C15H32N2O/c1-6-7-8-9-10-11-12-17(13-14(2)3)15(18)16(4)5/h14H,6-13H2,1-5H3. The first-order valence-corrected chi connectivity index (χ1v) is 7.45. The Morgan fingerprint density at radius 1 is 1.00 bits per heavy atom. The molecule has 0 unspecified atom stereocenters. The number of hydrogen-bond donors (Lipinski definition) is 0. The summed E-state index contributed by atoms with van der Waals surface area (Å²) in [6.07, 6.45) is 7.65. The molecule has 0 aromatic carbocycles. The summed E-state index contributed by atoms with van der Waals surface area (Å²) in [4.78, 5) is 15.7. The molecule has 0 saturated heterocycles. The van der Waals surface area contributed by atoms with Gasteiger partial charge >= 0.3 is 6.03 Å². The highest BCUT2D eigenvalue weighted by Gasteiger charge is 2.15. The van der Waals surface area contributed by atoms with Gasteiger partial charge in [-0.25, -0.2) is 4.79 Å². The molecule has 0 aliphatic heterocycles. The van der Waals surface area contributed by atoms with Crippen molar-refractivity contribution in [3.05, 3.63) is 0 Å². The number of urea groups is 1. The van der Waals surface area contributed by atoms with E-state index < -0.39 is 0 Å². The maximum atomic E-state index is 12.0. The van der Waals surface area contributed by atoms with Crippen LogP contribution in [0.5, 0.6) is 0 Å². The second-order valence-corrected chi connectivity index (χ2v) is 5.78. The summed E-state index contributed by atoms with van der Waals surface area (Å²) in [7, 11) is 3.66. The Balaban J connectivity index is 3.91. The van der Waals surface area contributed by atoms with Crippen LogP contribution in [0.3, 0.4) is 0 Å². The van der Waals surface area contributed by atoms with Crippen LogP contribution >= 0.6 is 0 Å². The highest BCUT2D eigenvalue weighted by molar-refractivity contribution is 5.73. The smallest absolute Gasteiger partial charge is 0.319 e. The van der Waals surface area contributed by atoms with Crippen LogP contribution in [0.2, 0.25) is 0 Å². The largest absolute Gasteiger partial charge is 0.331 e. The van der Waals surface area contributed by atoms with Crippen LogP contribution in [0.25, 0.3) is 0 Å². The van der Waals surface area contributed by atoms with Crippen LogP contribution < -0.4 is 0 Å². The quantitative estimate of drug-likeness (QED) is 0.572. The maximum absolute atomic E-state index is 12.0. The van der Waals surface area contributed by atoms with Crippen molar-refractivity contribution >= 4 is 6.03 Å². The molecule has 2 amide bonds. The molecular weight excluding hydrogens is 224 g/mol. The van der Waals surface area contributed by atoms with E-state index >= 15 is 0 Å². The lowest BCUT2D eigenvalue weighted by molar-refractivity contribution is 0.163. The minimum Gasteiger partial charge on any atom is -0.331 e. The molecule has 18 heavy (non-hydrogen) atoms. The van der Waals surface area contributed by atoms with E-state index in [0.29, 0.717) is 5.92 Å². The monoisotopic (exact) mass is 256 g/mol. The van der Waals surface area contributed by atoms with Gasteiger partial charge < -0.3 is 9.80 Å². The van der Waals surface area contributed by atoms with E-state index in [0.717, 1.165) is 19.5 Å². The third kappa shape index (κ3) is 8.37. The summed E-state index contributed by atoms with van der Waals surface area (Å²) in [5, 5.41) is 0. The van der Waals surface area contributed by atoms with E-state index in [1.807, 2.05) is 19.0 Å². The van der Waals surface area contributed by atoms with Gasteiger partial charge in [-0.1, -0.05) is 52.9 Å². The molecule has 0 N–H and O–H groups in total. The molecule has 0 aliphatic rings. The molecule has 0 aromatic rings. The number of hydrogen-bond acceptors (Lipinski definition) is 1. The normalized spacial score (nSPS) is 10.8. The zero-order chi connectivity index (χ0) is 14.0. The minimum absolute atomic E-state index is 0.150. The van der Waals surface area contributed by atoms with E-state index in [-0.39, 0.29) is 6.03 Å². The molecule has 3 heteroatoms. The third-order valence-electron chi connectivity index (χ3n) is 3.02. The van der Waals surface area contributed by atoms with E-state index in [4.69, 9.17) is 0 Å². The van der Waals surface area contributed by atoms with Crippen LogP contribution in [0.15, 0.2) is 0 Å². The van der Waals surface area contributed by atoms with Gasteiger partial charge in [0.1, 0.15) is 0 Å². The van der Waals surface area contributed by atoms with E-state index in [2.05, 4.69) is 20.8 Å². The average Bonchev–Trinajstić information content (AvgIpc) is 2.30. The van der Waals surface area contributed by atoms with Crippen molar-refractivity contribution in [1.82, 2.24) is 9.80 Å². The Labute approximate surface area is 114 Å². The Kier molecular flexibility index (Phi) is 9.80. The molecule has 0 radical (unpaired) electrons. The molecule has 0 aromatic heterocycles. The van der Waals surface area contributed by atoms with Gasteiger partial charge in [-0.2, -0.15) is 0 Å². The fourth-order valence-corrected chi connectivity index (χ4v) is 2.07. The molecule has 108 valence electrons. The second kappa shape index (κ2) is 10.2. The van der Waals surface area contributed by atoms with Crippen molar-refractivity contribution in [2.24, 2.45) is 5.92 Å². The number of unbranched alkanes of at least 4 members (excludes halogenated alkanes) is 5. The van der Waals surface area contributed by atoms with E-state index in [9.17, 15) is 4.79 Å². The number of carbonyl (C=O) groups is 1. The van der Waals surface area contributed by atoms with E-state index in [1.165, 1.54) is 32.1 Å².